The van der Waals surface area contributed by atoms with Crippen LogP contribution in [0.2, 0.25) is 0 Å². The Bertz CT molecular complexity index is 1480. The van der Waals surface area contributed by atoms with Crippen LogP contribution >= 0.6 is 0 Å². The first-order valence-electron chi connectivity index (χ1n) is 9.59. The van der Waals surface area contributed by atoms with Gasteiger partial charge < -0.3 is 0 Å². The first-order chi connectivity index (χ1) is 13.4. The lowest BCUT2D eigenvalue weighted by atomic mass is 9.80. The van der Waals surface area contributed by atoms with Gasteiger partial charge in [0.15, 0.2) is 0 Å². The molecule has 6 aromatic rings. The third-order valence-electron chi connectivity index (χ3n) is 6.42. The van der Waals surface area contributed by atoms with E-state index >= 15 is 0 Å². The average Bonchev–Trinajstić information content (AvgIpc) is 2.73. The Morgan fingerprint density at radius 2 is 1.11 bits per heavy atom. The minimum atomic E-state index is 1.02. The lowest BCUT2D eigenvalue weighted by molar-refractivity contribution is 1.20. The maximum Gasteiger partial charge on any atom is -0.00132 e. The molecule has 124 valence electrons. The summed E-state index contributed by atoms with van der Waals surface area (Å²) in [5.74, 6) is 0. The highest BCUT2D eigenvalue weighted by Gasteiger charge is 2.21. The molecule has 0 atom stereocenters. The highest BCUT2D eigenvalue weighted by Crippen LogP contribution is 2.46. The predicted molar refractivity (Wildman–Crippen MR) is 116 cm³/mol. The van der Waals surface area contributed by atoms with Crippen LogP contribution in [0.4, 0.5) is 0 Å². The zero-order valence-corrected chi connectivity index (χ0v) is 14.8. The molecule has 0 N–H and O–H groups in total. The number of fused-ring (bicyclic) bond motifs is 4. The van der Waals surface area contributed by atoms with Gasteiger partial charge in [0.2, 0.25) is 0 Å². The minimum Gasteiger partial charge on any atom is -0.0619 e. The summed E-state index contributed by atoms with van der Waals surface area (Å²) in [5, 5.41) is 11.1. The Morgan fingerprint density at radius 1 is 0.407 bits per heavy atom. The van der Waals surface area contributed by atoms with E-state index in [1.165, 1.54) is 65.3 Å². The molecular formula is C27H16. The second kappa shape index (κ2) is 4.66. The summed E-state index contributed by atoms with van der Waals surface area (Å²) in [7, 11) is 0. The average molecular weight is 340 g/mol. The van der Waals surface area contributed by atoms with Gasteiger partial charge in [-0.3, -0.25) is 0 Å². The van der Waals surface area contributed by atoms with Crippen molar-refractivity contribution < 1.29 is 0 Å². The zero-order chi connectivity index (χ0) is 17.5. The predicted octanol–water partition coefficient (Wildman–Crippen LogP) is 7.31. The molecule has 0 heterocycles. The van der Waals surface area contributed by atoms with E-state index in [-0.39, 0.29) is 0 Å². The van der Waals surface area contributed by atoms with Crippen molar-refractivity contribution in [2.45, 2.75) is 6.42 Å². The fourth-order valence-electron chi connectivity index (χ4n) is 5.32. The molecule has 0 heteroatoms. The number of hydrogen-bond acceptors (Lipinski definition) is 0. The third kappa shape index (κ3) is 1.60. The first kappa shape index (κ1) is 13.8. The molecule has 0 spiro atoms. The van der Waals surface area contributed by atoms with Crippen LogP contribution in [-0.2, 0) is 6.42 Å². The van der Waals surface area contributed by atoms with Gasteiger partial charge in [-0.2, -0.15) is 0 Å². The molecule has 1 aliphatic rings. The highest BCUT2D eigenvalue weighted by molar-refractivity contribution is 6.34. The van der Waals surface area contributed by atoms with Crippen molar-refractivity contribution in [3.8, 4) is 11.1 Å². The van der Waals surface area contributed by atoms with Gasteiger partial charge in [-0.15, -0.1) is 0 Å². The molecule has 0 bridgehead atoms. The molecule has 0 saturated carbocycles. The summed E-state index contributed by atoms with van der Waals surface area (Å²) in [5.41, 5.74) is 5.67. The Kier molecular flexibility index (Phi) is 2.38. The fraction of sp³-hybridized carbons (Fsp3) is 0.0370. The van der Waals surface area contributed by atoms with Crippen LogP contribution < -0.4 is 0 Å². The van der Waals surface area contributed by atoms with Crippen LogP contribution in [0.15, 0.2) is 84.9 Å². The normalized spacial score (nSPS) is 13.0. The molecule has 0 aromatic heterocycles. The SMILES string of the molecule is c1ccc2c(c1)Cc1ccc3c4cccc5cccc(c6ccc-2c1c36)c54. The maximum absolute atomic E-state index is 2.35. The Morgan fingerprint density at radius 3 is 1.93 bits per heavy atom. The Hall–Kier alpha value is -3.38. The lowest BCUT2D eigenvalue weighted by Gasteiger charge is -2.24. The summed E-state index contributed by atoms with van der Waals surface area (Å²) < 4.78 is 0. The van der Waals surface area contributed by atoms with Crippen molar-refractivity contribution in [3.63, 3.8) is 0 Å². The van der Waals surface area contributed by atoms with Gasteiger partial charge in [-0.05, 0) is 71.8 Å². The van der Waals surface area contributed by atoms with E-state index < -0.39 is 0 Å². The van der Waals surface area contributed by atoms with Crippen molar-refractivity contribution in [3.05, 3.63) is 96.1 Å². The van der Waals surface area contributed by atoms with Crippen LogP contribution in [0.25, 0.3) is 54.2 Å². The molecule has 0 aliphatic heterocycles. The van der Waals surface area contributed by atoms with E-state index in [4.69, 9.17) is 0 Å². The van der Waals surface area contributed by atoms with Crippen molar-refractivity contribution in [2.24, 2.45) is 0 Å². The molecule has 0 nitrogen and oxygen atoms in total. The van der Waals surface area contributed by atoms with Crippen LogP contribution in [0, 0.1) is 0 Å². The van der Waals surface area contributed by atoms with Gasteiger partial charge in [-0.25, -0.2) is 0 Å². The molecule has 0 saturated heterocycles. The topological polar surface area (TPSA) is 0 Å². The zero-order valence-electron chi connectivity index (χ0n) is 14.8. The fourth-order valence-corrected chi connectivity index (χ4v) is 5.32. The van der Waals surface area contributed by atoms with Crippen LogP contribution in [-0.4, -0.2) is 0 Å². The van der Waals surface area contributed by atoms with Gasteiger partial charge >= 0.3 is 0 Å². The van der Waals surface area contributed by atoms with E-state index in [0.29, 0.717) is 0 Å². The van der Waals surface area contributed by atoms with Crippen molar-refractivity contribution in [2.75, 3.05) is 0 Å². The van der Waals surface area contributed by atoms with Gasteiger partial charge in [0.05, 0.1) is 0 Å². The lowest BCUT2D eigenvalue weighted by Crippen LogP contribution is -2.01. The summed E-state index contributed by atoms with van der Waals surface area (Å²) in [4.78, 5) is 0. The van der Waals surface area contributed by atoms with Gasteiger partial charge in [0.1, 0.15) is 0 Å². The number of hydrogen-bond donors (Lipinski definition) is 0. The molecule has 0 fully saturated rings. The maximum atomic E-state index is 2.35. The van der Waals surface area contributed by atoms with Crippen LogP contribution in [0.1, 0.15) is 11.1 Å². The Balaban J connectivity index is 1.82. The molecule has 0 radical (unpaired) electrons. The molecule has 6 aromatic carbocycles. The van der Waals surface area contributed by atoms with Gasteiger partial charge in [0, 0.05) is 0 Å². The van der Waals surface area contributed by atoms with Gasteiger partial charge in [0.25, 0.3) is 0 Å². The molecule has 0 unspecified atom stereocenters. The molecule has 0 amide bonds. The van der Waals surface area contributed by atoms with Gasteiger partial charge in [-0.1, -0.05) is 84.9 Å². The van der Waals surface area contributed by atoms with E-state index in [1.807, 2.05) is 0 Å². The molecule has 27 heavy (non-hydrogen) atoms. The number of benzene rings is 6. The third-order valence-corrected chi connectivity index (χ3v) is 6.42. The smallest absolute Gasteiger partial charge is 0.00132 e. The van der Waals surface area contributed by atoms with Crippen molar-refractivity contribution in [1.82, 2.24) is 0 Å². The largest absolute Gasteiger partial charge is 0.0619 e. The summed E-state index contributed by atoms with van der Waals surface area (Å²) >= 11 is 0. The van der Waals surface area contributed by atoms with E-state index in [9.17, 15) is 0 Å². The monoisotopic (exact) mass is 340 g/mol. The highest BCUT2D eigenvalue weighted by atomic mass is 14.2. The minimum absolute atomic E-state index is 1.02. The summed E-state index contributed by atoms with van der Waals surface area (Å²) in [6, 6.07) is 31.7. The van der Waals surface area contributed by atoms with E-state index in [0.717, 1.165) is 6.42 Å². The van der Waals surface area contributed by atoms with Crippen molar-refractivity contribution >= 4 is 43.1 Å². The summed E-state index contributed by atoms with van der Waals surface area (Å²) in [6.07, 6.45) is 1.02. The number of rotatable bonds is 0. The van der Waals surface area contributed by atoms with Crippen LogP contribution in [0.5, 0.6) is 0 Å². The van der Waals surface area contributed by atoms with Crippen LogP contribution in [0.3, 0.4) is 0 Å². The van der Waals surface area contributed by atoms with E-state index in [2.05, 4.69) is 84.9 Å². The summed E-state index contributed by atoms with van der Waals surface area (Å²) in [6.45, 7) is 0. The van der Waals surface area contributed by atoms with Crippen molar-refractivity contribution in [1.29, 1.82) is 0 Å². The molecule has 7 rings (SSSR count). The molecule has 1 aliphatic carbocycles. The Labute approximate surface area is 157 Å². The first-order valence-corrected chi connectivity index (χ1v) is 9.59. The standard InChI is InChI=1S/C27H16/c1-2-8-19-17(5-1)15-18-11-12-23-20-9-3-6-16-7-4-10-21(25(16)20)24-14-13-22(19)26(18)27(23)24/h1-14H,15H2. The quantitative estimate of drug-likeness (QED) is 0.200. The van der Waals surface area contributed by atoms with E-state index in [1.54, 1.807) is 0 Å². The molecular weight excluding hydrogens is 324 g/mol. The second-order valence-electron chi connectivity index (χ2n) is 7.73. The second-order valence-corrected chi connectivity index (χ2v) is 7.73.